The lowest BCUT2D eigenvalue weighted by Crippen LogP contribution is -2.11. The molecule has 0 aliphatic rings. The molecule has 1 heterocycles. The maximum absolute atomic E-state index is 2.43. The highest BCUT2D eigenvalue weighted by molar-refractivity contribution is 6.15. The molecule has 2 nitrogen and oxygen atoms in total. The van der Waals surface area contributed by atoms with Gasteiger partial charge in [-0.05, 0) is 121 Å². The largest absolute Gasteiger partial charge is 0.310 e. The van der Waals surface area contributed by atoms with E-state index < -0.39 is 0 Å². The lowest BCUT2D eigenvalue weighted by atomic mass is 9.88. The molecule has 0 spiro atoms. The minimum absolute atomic E-state index is 1.07. The Morgan fingerprint density at radius 3 is 1.41 bits per heavy atom. The van der Waals surface area contributed by atoms with E-state index in [0.29, 0.717) is 0 Å². The van der Waals surface area contributed by atoms with Gasteiger partial charge in [0.2, 0.25) is 0 Å². The molecule has 0 N–H and O–H groups in total. The maximum Gasteiger partial charge on any atom is 0.0619 e. The van der Waals surface area contributed by atoms with Crippen molar-refractivity contribution in [2.45, 2.75) is 0 Å². The number of para-hydroxylation sites is 4. The molecule has 0 aliphatic heterocycles. The summed E-state index contributed by atoms with van der Waals surface area (Å²) in [5, 5.41) is 7.51. The fourth-order valence-corrected chi connectivity index (χ4v) is 10.8. The van der Waals surface area contributed by atoms with E-state index in [9.17, 15) is 0 Å². The van der Waals surface area contributed by atoms with Crippen LogP contribution in [0.3, 0.4) is 0 Å². The second kappa shape index (κ2) is 17.4. The summed E-state index contributed by atoms with van der Waals surface area (Å²) in [6.07, 6.45) is 0. The van der Waals surface area contributed by atoms with Crippen LogP contribution in [0.15, 0.2) is 279 Å². The lowest BCUT2D eigenvalue weighted by Gasteiger charge is -2.29. The molecule has 12 aromatic carbocycles. The second-order valence-corrected chi connectivity index (χ2v) is 18.0. The van der Waals surface area contributed by atoms with E-state index in [2.05, 4.69) is 289 Å². The number of rotatable bonds is 9. The van der Waals surface area contributed by atoms with Crippen LogP contribution in [0, 0.1) is 0 Å². The molecule has 328 valence electrons. The van der Waals surface area contributed by atoms with E-state index in [4.69, 9.17) is 0 Å². The smallest absolute Gasteiger partial charge is 0.0619 e. The maximum atomic E-state index is 2.43. The van der Waals surface area contributed by atoms with Gasteiger partial charge in [-0.1, -0.05) is 224 Å². The van der Waals surface area contributed by atoms with Gasteiger partial charge in [0.05, 0.1) is 16.7 Å². The third-order valence-electron chi connectivity index (χ3n) is 14.0. The van der Waals surface area contributed by atoms with Crippen molar-refractivity contribution in [3.8, 4) is 61.3 Å². The van der Waals surface area contributed by atoms with Crippen molar-refractivity contribution >= 4 is 60.4 Å². The Labute approximate surface area is 408 Å². The zero-order chi connectivity index (χ0) is 46.4. The highest BCUT2D eigenvalue weighted by Gasteiger charge is 2.22. The Morgan fingerprint density at radius 2 is 0.714 bits per heavy atom. The Morgan fingerprint density at radius 1 is 0.257 bits per heavy atom. The van der Waals surface area contributed by atoms with Gasteiger partial charge in [-0.2, -0.15) is 0 Å². The number of hydrogen-bond acceptors (Lipinski definition) is 1. The minimum atomic E-state index is 1.07. The Bertz CT molecular complexity index is 4040. The number of hydrogen-bond donors (Lipinski definition) is 0. The molecule has 0 aliphatic carbocycles. The van der Waals surface area contributed by atoms with Gasteiger partial charge in [-0.25, -0.2) is 0 Å². The van der Waals surface area contributed by atoms with Crippen molar-refractivity contribution in [2.24, 2.45) is 0 Å². The normalized spacial score (nSPS) is 11.4. The number of aromatic nitrogens is 1. The van der Waals surface area contributed by atoms with Crippen LogP contribution in [-0.4, -0.2) is 4.57 Å². The van der Waals surface area contributed by atoms with Crippen molar-refractivity contribution in [3.05, 3.63) is 279 Å². The molecule has 0 saturated heterocycles. The Hall–Kier alpha value is -9.24. The van der Waals surface area contributed by atoms with Crippen LogP contribution in [0.1, 0.15) is 0 Å². The molecule has 0 saturated carbocycles. The molecule has 13 aromatic rings. The third-order valence-corrected chi connectivity index (χ3v) is 14.0. The molecule has 0 fully saturated rings. The SMILES string of the molecule is c1ccc(-c2ccccc2-c2ccccc2-c2ccccc2N(c2ccc(-c3cc4ccccc4c4ccccc34)cc2)c2ccc(-c3cccc4c5ccccc5n(-c5ccccc5)c34)cc2)cc1. The third kappa shape index (κ3) is 7.05. The average molecular weight is 891 g/mol. The molecule has 0 unspecified atom stereocenters. The van der Waals surface area contributed by atoms with Gasteiger partial charge in [-0.15, -0.1) is 0 Å². The van der Waals surface area contributed by atoms with Crippen LogP contribution in [0.2, 0.25) is 0 Å². The first-order valence-electron chi connectivity index (χ1n) is 24.1. The molecule has 0 radical (unpaired) electrons. The lowest BCUT2D eigenvalue weighted by molar-refractivity contribution is 1.18. The first-order chi connectivity index (χ1) is 34.8. The summed E-state index contributed by atoms with van der Waals surface area (Å²) in [5.74, 6) is 0. The standard InChI is InChI=1S/C68H46N2/c1-3-20-47(21-4-1)54-25-9-10-27-57(54)59-29-12-13-30-60(59)62-32-15-17-36-66(62)69(53-44-40-49(41-45-53)65-46-50-22-7-8-26-55(50)58-28-11-14-31-61(58)65)52-42-38-48(39-43-52)56-34-19-35-64-63-33-16-18-37-67(63)70(68(56)64)51-23-5-2-6-24-51/h1-46H. The van der Waals surface area contributed by atoms with Crippen LogP contribution in [0.25, 0.3) is 105 Å². The van der Waals surface area contributed by atoms with Gasteiger partial charge in [0.15, 0.2) is 0 Å². The number of anilines is 3. The first-order valence-corrected chi connectivity index (χ1v) is 24.1. The van der Waals surface area contributed by atoms with Gasteiger partial charge in [0, 0.05) is 39.0 Å². The summed E-state index contributed by atoms with van der Waals surface area (Å²) in [4.78, 5) is 2.43. The average Bonchev–Trinajstić information content (AvgIpc) is 3.79. The van der Waals surface area contributed by atoms with E-state index in [1.54, 1.807) is 0 Å². The summed E-state index contributed by atoms with van der Waals surface area (Å²) in [5.41, 5.74) is 18.6. The zero-order valence-electron chi connectivity index (χ0n) is 38.5. The number of nitrogens with zero attached hydrogens (tertiary/aromatic N) is 2. The second-order valence-electron chi connectivity index (χ2n) is 18.0. The zero-order valence-corrected chi connectivity index (χ0v) is 38.5. The van der Waals surface area contributed by atoms with Crippen molar-refractivity contribution < 1.29 is 0 Å². The topological polar surface area (TPSA) is 8.17 Å². The molecular formula is C68H46N2. The van der Waals surface area contributed by atoms with Gasteiger partial charge in [0.25, 0.3) is 0 Å². The predicted octanol–water partition coefficient (Wildman–Crippen LogP) is 18.9. The van der Waals surface area contributed by atoms with Gasteiger partial charge < -0.3 is 9.47 Å². The summed E-state index contributed by atoms with van der Waals surface area (Å²) in [6, 6.07) is 102. The van der Waals surface area contributed by atoms with Crippen LogP contribution in [0.5, 0.6) is 0 Å². The number of fused-ring (bicyclic) bond motifs is 6. The summed E-state index contributed by atoms with van der Waals surface area (Å²) < 4.78 is 2.42. The summed E-state index contributed by atoms with van der Waals surface area (Å²) in [6.45, 7) is 0. The Kier molecular flexibility index (Phi) is 10.2. The van der Waals surface area contributed by atoms with Crippen molar-refractivity contribution in [1.82, 2.24) is 4.57 Å². The molecule has 0 atom stereocenters. The van der Waals surface area contributed by atoms with Gasteiger partial charge >= 0.3 is 0 Å². The highest BCUT2D eigenvalue weighted by Crippen LogP contribution is 2.47. The monoisotopic (exact) mass is 890 g/mol. The minimum Gasteiger partial charge on any atom is -0.310 e. The van der Waals surface area contributed by atoms with Crippen LogP contribution in [-0.2, 0) is 0 Å². The predicted molar refractivity (Wildman–Crippen MR) is 298 cm³/mol. The van der Waals surface area contributed by atoms with Gasteiger partial charge in [-0.3, -0.25) is 0 Å². The van der Waals surface area contributed by atoms with Crippen LogP contribution < -0.4 is 4.90 Å². The molecule has 1 aromatic heterocycles. The molecule has 0 bridgehead atoms. The fraction of sp³-hybridized carbons (Fsp3) is 0. The first kappa shape index (κ1) is 41.0. The van der Waals surface area contributed by atoms with E-state index in [1.165, 1.54) is 87.9 Å². The fourth-order valence-electron chi connectivity index (χ4n) is 10.8. The van der Waals surface area contributed by atoms with Crippen molar-refractivity contribution in [3.63, 3.8) is 0 Å². The van der Waals surface area contributed by atoms with Crippen LogP contribution >= 0.6 is 0 Å². The van der Waals surface area contributed by atoms with E-state index in [-0.39, 0.29) is 0 Å². The summed E-state index contributed by atoms with van der Waals surface area (Å²) in [7, 11) is 0. The molecular weight excluding hydrogens is 845 g/mol. The summed E-state index contributed by atoms with van der Waals surface area (Å²) >= 11 is 0. The van der Waals surface area contributed by atoms with Crippen LogP contribution in [0.4, 0.5) is 17.1 Å². The molecule has 13 rings (SSSR count). The van der Waals surface area contributed by atoms with Gasteiger partial charge in [0.1, 0.15) is 0 Å². The number of benzene rings is 12. The van der Waals surface area contributed by atoms with E-state index >= 15 is 0 Å². The molecule has 2 heteroatoms. The van der Waals surface area contributed by atoms with E-state index in [0.717, 1.165) is 33.9 Å². The van der Waals surface area contributed by atoms with E-state index in [1.807, 2.05) is 0 Å². The molecule has 0 amide bonds. The van der Waals surface area contributed by atoms with Crippen molar-refractivity contribution in [2.75, 3.05) is 4.90 Å². The Balaban J connectivity index is 0.985. The quantitative estimate of drug-likeness (QED) is 0.131. The molecule has 70 heavy (non-hydrogen) atoms. The highest BCUT2D eigenvalue weighted by atomic mass is 15.1. The van der Waals surface area contributed by atoms with Crippen molar-refractivity contribution in [1.29, 1.82) is 0 Å².